The Morgan fingerprint density at radius 3 is 2.53 bits per heavy atom. The van der Waals surface area contributed by atoms with Crippen LogP contribution < -0.4 is 0 Å². The van der Waals surface area contributed by atoms with Gasteiger partial charge in [-0.1, -0.05) is 29.8 Å². The van der Waals surface area contributed by atoms with Gasteiger partial charge in [0.15, 0.2) is 5.76 Å². The van der Waals surface area contributed by atoms with Crippen molar-refractivity contribution >= 4 is 27.7 Å². The summed E-state index contributed by atoms with van der Waals surface area (Å²) in [5, 5.41) is 11.2. The lowest BCUT2D eigenvalue weighted by molar-refractivity contribution is -0.402. The van der Waals surface area contributed by atoms with E-state index in [1.165, 1.54) is 12.1 Å². The van der Waals surface area contributed by atoms with Gasteiger partial charge in [0.25, 0.3) is 5.91 Å². The van der Waals surface area contributed by atoms with Crippen LogP contribution in [0.1, 0.15) is 37.2 Å². The molecule has 0 aliphatic rings. The highest BCUT2D eigenvalue weighted by atomic mass is 79.9. The van der Waals surface area contributed by atoms with Gasteiger partial charge < -0.3 is 9.32 Å². The number of hydrogen-bond donors (Lipinski definition) is 0. The van der Waals surface area contributed by atoms with Crippen molar-refractivity contribution in [2.45, 2.75) is 32.7 Å². The van der Waals surface area contributed by atoms with Gasteiger partial charge in [0, 0.05) is 17.9 Å². The monoisotopic (exact) mass is 332 g/mol. The quantitative estimate of drug-likeness (QED) is 0.436. The molecule has 1 aromatic heterocycles. The molecule has 0 atom stereocenters. The number of carbonyl (C=O) groups excluding carboxylic acids is 1. The zero-order valence-corrected chi connectivity index (χ0v) is 12.6. The van der Waals surface area contributed by atoms with Gasteiger partial charge in [0.2, 0.25) is 0 Å². The second-order valence-corrected chi connectivity index (χ2v) is 4.85. The molecule has 0 N–H and O–H groups in total. The maximum absolute atomic E-state index is 12.3. The predicted molar refractivity (Wildman–Crippen MR) is 74.6 cm³/mol. The van der Waals surface area contributed by atoms with Crippen LogP contribution in [-0.4, -0.2) is 33.6 Å². The van der Waals surface area contributed by atoms with Crippen LogP contribution in [0.3, 0.4) is 0 Å². The van der Waals surface area contributed by atoms with Crippen LogP contribution in [-0.2, 0) is 0 Å². The lowest BCUT2D eigenvalue weighted by Gasteiger charge is -2.29. The summed E-state index contributed by atoms with van der Waals surface area (Å²) in [6.07, 6.45) is 1.66. The molecule has 0 aliphatic carbocycles. The van der Waals surface area contributed by atoms with Crippen molar-refractivity contribution < 1.29 is 14.1 Å². The van der Waals surface area contributed by atoms with Gasteiger partial charge in [0.05, 0.1) is 6.07 Å². The zero-order chi connectivity index (χ0) is 14.4. The van der Waals surface area contributed by atoms with Crippen LogP contribution >= 0.6 is 15.9 Å². The first-order valence-corrected chi connectivity index (χ1v) is 7.28. The highest BCUT2D eigenvalue weighted by molar-refractivity contribution is 9.09. The fourth-order valence-electron chi connectivity index (χ4n) is 1.95. The smallest absolute Gasteiger partial charge is 0.395 e. The summed E-state index contributed by atoms with van der Waals surface area (Å²) in [7, 11) is 0. The Kier molecular flexibility index (Phi) is 6.01. The number of furan rings is 1. The first kappa shape index (κ1) is 15.7. The Hall–Kier alpha value is -1.37. The van der Waals surface area contributed by atoms with Crippen molar-refractivity contribution in [3.63, 3.8) is 0 Å². The maximum Gasteiger partial charge on any atom is 0.433 e. The molecule has 0 aromatic carbocycles. The van der Waals surface area contributed by atoms with Crippen LogP contribution in [0.5, 0.6) is 0 Å². The third kappa shape index (κ3) is 3.79. The van der Waals surface area contributed by atoms with Crippen LogP contribution in [0, 0.1) is 10.1 Å². The summed E-state index contributed by atoms with van der Waals surface area (Å²) in [6.45, 7) is 4.56. The molecule has 1 aromatic rings. The lowest BCUT2D eigenvalue weighted by atomic mass is 10.1. The Morgan fingerprint density at radius 1 is 1.47 bits per heavy atom. The standard InChI is InChI=1S/C12H17BrN2O4/c1-3-9(4-2)14(8-7-13)12(16)10-5-6-11(19-10)15(17)18/h5-6,9H,3-4,7-8H2,1-2H3. The number of nitro groups is 1. The molecule has 0 unspecified atom stereocenters. The molecule has 0 bridgehead atoms. The zero-order valence-electron chi connectivity index (χ0n) is 11.0. The Morgan fingerprint density at radius 2 is 2.11 bits per heavy atom. The predicted octanol–water partition coefficient (Wildman–Crippen LogP) is 3.21. The summed E-state index contributed by atoms with van der Waals surface area (Å²) in [5.41, 5.74) is 0. The van der Waals surface area contributed by atoms with Crippen molar-refractivity contribution in [2.75, 3.05) is 11.9 Å². The maximum atomic E-state index is 12.3. The molecule has 0 saturated carbocycles. The molecule has 1 heterocycles. The minimum absolute atomic E-state index is 0.0135. The first-order chi connectivity index (χ1) is 9.04. The van der Waals surface area contributed by atoms with E-state index in [0.717, 1.165) is 12.8 Å². The molecule has 0 radical (unpaired) electrons. The Bertz CT molecular complexity index is 443. The molecule has 19 heavy (non-hydrogen) atoms. The summed E-state index contributed by atoms with van der Waals surface area (Å²) >= 11 is 3.31. The van der Waals surface area contributed by atoms with E-state index >= 15 is 0 Å². The van der Waals surface area contributed by atoms with Gasteiger partial charge in [-0.05, 0) is 18.9 Å². The van der Waals surface area contributed by atoms with Crippen molar-refractivity contribution in [1.29, 1.82) is 0 Å². The molecule has 7 heteroatoms. The van der Waals surface area contributed by atoms with Gasteiger partial charge in [0.1, 0.15) is 4.92 Å². The van der Waals surface area contributed by atoms with E-state index in [2.05, 4.69) is 15.9 Å². The van der Waals surface area contributed by atoms with Crippen molar-refractivity contribution in [3.8, 4) is 0 Å². The second-order valence-electron chi connectivity index (χ2n) is 4.05. The van der Waals surface area contributed by atoms with Crippen molar-refractivity contribution in [2.24, 2.45) is 0 Å². The van der Waals surface area contributed by atoms with Crippen molar-refractivity contribution in [1.82, 2.24) is 4.90 Å². The Labute approximate surface area is 120 Å². The average Bonchev–Trinajstić information content (AvgIpc) is 2.88. The lowest BCUT2D eigenvalue weighted by Crippen LogP contribution is -2.40. The molecule has 0 aliphatic heterocycles. The van der Waals surface area contributed by atoms with Gasteiger partial charge >= 0.3 is 5.88 Å². The molecule has 6 nitrogen and oxygen atoms in total. The average molecular weight is 333 g/mol. The minimum Gasteiger partial charge on any atom is -0.395 e. The number of hydrogen-bond acceptors (Lipinski definition) is 4. The summed E-state index contributed by atoms with van der Waals surface area (Å²) < 4.78 is 4.97. The van der Waals surface area contributed by atoms with E-state index in [1.54, 1.807) is 4.90 Å². The topological polar surface area (TPSA) is 76.6 Å². The van der Waals surface area contributed by atoms with Gasteiger partial charge in [-0.25, -0.2) is 0 Å². The fourth-order valence-corrected chi connectivity index (χ4v) is 2.33. The van der Waals surface area contributed by atoms with E-state index < -0.39 is 10.8 Å². The summed E-state index contributed by atoms with van der Waals surface area (Å²) in [4.78, 5) is 23.9. The van der Waals surface area contributed by atoms with Crippen molar-refractivity contribution in [3.05, 3.63) is 28.0 Å². The molecular formula is C12H17BrN2O4. The number of rotatable bonds is 7. The van der Waals surface area contributed by atoms with Crippen LogP contribution in [0.15, 0.2) is 16.5 Å². The summed E-state index contributed by atoms with van der Waals surface area (Å²) in [5.74, 6) is -0.701. The fraction of sp³-hybridized carbons (Fsp3) is 0.583. The van der Waals surface area contributed by atoms with E-state index in [4.69, 9.17) is 4.42 Å². The second kappa shape index (κ2) is 7.28. The molecule has 106 valence electrons. The number of alkyl halides is 1. The molecular weight excluding hydrogens is 316 g/mol. The number of carbonyl (C=O) groups is 1. The number of halogens is 1. The van der Waals surface area contributed by atoms with E-state index in [9.17, 15) is 14.9 Å². The number of nitrogens with zero attached hydrogens (tertiary/aromatic N) is 2. The molecule has 0 fully saturated rings. The highest BCUT2D eigenvalue weighted by Gasteiger charge is 2.26. The highest BCUT2D eigenvalue weighted by Crippen LogP contribution is 2.20. The van der Waals surface area contributed by atoms with Gasteiger partial charge in [-0.3, -0.25) is 14.9 Å². The van der Waals surface area contributed by atoms with Crippen LogP contribution in [0.25, 0.3) is 0 Å². The third-order valence-corrected chi connectivity index (χ3v) is 3.31. The van der Waals surface area contributed by atoms with Gasteiger partial charge in [-0.15, -0.1) is 0 Å². The van der Waals surface area contributed by atoms with E-state index in [1.807, 2.05) is 13.8 Å². The molecule has 1 amide bonds. The molecule has 0 spiro atoms. The van der Waals surface area contributed by atoms with Crippen LogP contribution in [0.4, 0.5) is 5.88 Å². The third-order valence-electron chi connectivity index (χ3n) is 2.95. The SMILES string of the molecule is CCC(CC)N(CCBr)C(=O)c1ccc([N+](=O)[O-])o1. The molecule has 0 saturated heterocycles. The number of amides is 1. The summed E-state index contributed by atoms with van der Waals surface area (Å²) in [6, 6.07) is 2.66. The van der Waals surface area contributed by atoms with E-state index in [-0.39, 0.29) is 17.7 Å². The normalized spacial score (nSPS) is 10.7. The molecule has 1 rings (SSSR count). The van der Waals surface area contributed by atoms with Gasteiger partial charge in [-0.2, -0.15) is 0 Å². The Balaban J connectivity index is 2.94. The largest absolute Gasteiger partial charge is 0.433 e. The first-order valence-electron chi connectivity index (χ1n) is 6.16. The van der Waals surface area contributed by atoms with Crippen LogP contribution in [0.2, 0.25) is 0 Å². The van der Waals surface area contributed by atoms with E-state index in [0.29, 0.717) is 11.9 Å². The minimum atomic E-state index is -0.650.